The summed E-state index contributed by atoms with van der Waals surface area (Å²) >= 11 is 0. The average molecular weight is 409 g/mol. The summed E-state index contributed by atoms with van der Waals surface area (Å²) in [5.74, 6) is 0.373. The lowest BCUT2D eigenvalue weighted by Gasteiger charge is -2.43. The number of halogens is 1. The molecule has 2 aliphatic heterocycles. The van der Waals surface area contributed by atoms with Gasteiger partial charge >= 0.3 is 0 Å². The second-order valence-electron chi connectivity index (χ2n) is 8.79. The van der Waals surface area contributed by atoms with E-state index in [-0.39, 0.29) is 17.2 Å². The number of nitrogens with zero attached hydrogens (tertiary/aromatic N) is 4. The van der Waals surface area contributed by atoms with Gasteiger partial charge in [-0.3, -0.25) is 0 Å². The number of aromatic hydroxyl groups is 1. The molecule has 4 atom stereocenters. The minimum Gasteiger partial charge on any atom is -0.507 e. The summed E-state index contributed by atoms with van der Waals surface area (Å²) in [5, 5.41) is 22.2. The maximum Gasteiger partial charge on any atom is 0.233 e. The molecular formula is C22H24FN5O2. The molecule has 0 spiro atoms. The van der Waals surface area contributed by atoms with Gasteiger partial charge in [0.25, 0.3) is 0 Å². The van der Waals surface area contributed by atoms with Gasteiger partial charge in [0.1, 0.15) is 11.9 Å². The monoisotopic (exact) mass is 409 g/mol. The van der Waals surface area contributed by atoms with Crippen molar-refractivity contribution in [2.75, 3.05) is 0 Å². The Morgan fingerprint density at radius 2 is 2.07 bits per heavy atom. The van der Waals surface area contributed by atoms with Crippen LogP contribution in [0.15, 0.2) is 49.1 Å². The zero-order valence-corrected chi connectivity index (χ0v) is 16.9. The Morgan fingerprint density at radius 3 is 2.77 bits per heavy atom. The topological polar surface area (TPSA) is 85.1 Å². The van der Waals surface area contributed by atoms with Crippen LogP contribution in [0.5, 0.6) is 11.6 Å². The normalized spacial score (nSPS) is 30.4. The minimum absolute atomic E-state index is 0.0868. The van der Waals surface area contributed by atoms with Crippen molar-refractivity contribution in [3.63, 3.8) is 0 Å². The number of piperidine rings is 1. The van der Waals surface area contributed by atoms with E-state index in [2.05, 4.69) is 27.4 Å². The van der Waals surface area contributed by atoms with Crippen LogP contribution in [-0.2, 0) is 0 Å². The summed E-state index contributed by atoms with van der Waals surface area (Å²) in [6.45, 7) is 4.04. The zero-order valence-electron chi connectivity index (χ0n) is 16.9. The second kappa shape index (κ2) is 6.77. The maximum absolute atomic E-state index is 15.1. The molecule has 3 aromatic rings. The standard InChI is InChI=1S/C22H24FN5O2/c1-21-7-8-22(2,27-21)20(23)18(12-21)30-19-6-5-16(25-26-19)15-4-3-14(11-17(15)29)28-10-9-24-13-28/h3-6,9-11,13,18,20,27,29H,7-8,12H2,1-2H3/t18-,20-,21-,22+/m0/s1. The molecule has 2 N–H and O–H groups in total. The predicted octanol–water partition coefficient (Wildman–Crippen LogP) is 3.42. The van der Waals surface area contributed by atoms with Crippen LogP contribution < -0.4 is 10.1 Å². The van der Waals surface area contributed by atoms with Crippen LogP contribution in [0, 0.1) is 0 Å². The fourth-order valence-electron chi connectivity index (χ4n) is 4.76. The van der Waals surface area contributed by atoms with Gasteiger partial charge in [-0.2, -0.15) is 0 Å². The van der Waals surface area contributed by atoms with Gasteiger partial charge in [-0.15, -0.1) is 10.2 Å². The first-order valence-electron chi connectivity index (χ1n) is 10.1. The third-order valence-corrected chi connectivity index (χ3v) is 6.34. The second-order valence-corrected chi connectivity index (χ2v) is 8.79. The highest BCUT2D eigenvalue weighted by Crippen LogP contribution is 2.44. The highest BCUT2D eigenvalue weighted by atomic mass is 19.1. The van der Waals surface area contributed by atoms with Crippen molar-refractivity contribution in [2.24, 2.45) is 0 Å². The number of hydrogen-bond donors (Lipinski definition) is 2. The van der Waals surface area contributed by atoms with Gasteiger partial charge in [0.05, 0.1) is 23.2 Å². The van der Waals surface area contributed by atoms with E-state index in [4.69, 9.17) is 4.74 Å². The molecule has 2 bridgehead atoms. The number of alkyl halides is 1. The van der Waals surface area contributed by atoms with E-state index in [1.165, 1.54) is 0 Å². The largest absolute Gasteiger partial charge is 0.507 e. The lowest BCUT2D eigenvalue weighted by Crippen LogP contribution is -2.63. The molecule has 2 fully saturated rings. The van der Waals surface area contributed by atoms with Gasteiger partial charge in [-0.05, 0) is 44.9 Å². The van der Waals surface area contributed by atoms with Crippen LogP contribution in [-0.4, -0.2) is 48.2 Å². The predicted molar refractivity (Wildman–Crippen MR) is 109 cm³/mol. The molecule has 1 aromatic carbocycles. The van der Waals surface area contributed by atoms with Crippen LogP contribution in [0.3, 0.4) is 0 Å². The highest BCUT2D eigenvalue weighted by Gasteiger charge is 2.56. The van der Waals surface area contributed by atoms with E-state index in [0.717, 1.165) is 18.5 Å². The fourth-order valence-corrected chi connectivity index (χ4v) is 4.76. The molecule has 5 rings (SSSR count). The summed E-state index contributed by atoms with van der Waals surface area (Å²) < 4.78 is 22.8. The number of ether oxygens (including phenoxy) is 1. The molecule has 0 aliphatic carbocycles. The molecular weight excluding hydrogens is 385 g/mol. The summed E-state index contributed by atoms with van der Waals surface area (Å²) in [7, 11) is 0. The zero-order chi connectivity index (χ0) is 20.9. The summed E-state index contributed by atoms with van der Waals surface area (Å²) in [5.41, 5.74) is 1.18. The van der Waals surface area contributed by atoms with E-state index >= 15 is 4.39 Å². The molecule has 0 saturated carbocycles. The quantitative estimate of drug-likeness (QED) is 0.687. The van der Waals surface area contributed by atoms with Gasteiger partial charge in [0.2, 0.25) is 5.88 Å². The molecule has 0 radical (unpaired) electrons. The molecule has 30 heavy (non-hydrogen) atoms. The third kappa shape index (κ3) is 3.21. The number of fused-ring (bicyclic) bond motifs is 2. The Labute approximate surface area is 173 Å². The SMILES string of the molecule is C[C@@]12CC[C@@](C)(N1)[C@@H](F)[C@@H](Oc1ccc(-c3ccc(-n4ccnc4)cc3O)nn1)C2. The Bertz CT molecular complexity index is 1060. The van der Waals surface area contributed by atoms with Crippen LogP contribution in [0.25, 0.3) is 16.9 Å². The van der Waals surface area contributed by atoms with Crippen LogP contribution >= 0.6 is 0 Å². The van der Waals surface area contributed by atoms with Crippen molar-refractivity contribution < 1.29 is 14.2 Å². The molecule has 156 valence electrons. The first kappa shape index (κ1) is 19.0. The molecule has 2 aromatic heterocycles. The maximum atomic E-state index is 15.1. The Balaban J connectivity index is 1.34. The lowest BCUT2D eigenvalue weighted by atomic mass is 9.85. The van der Waals surface area contributed by atoms with Gasteiger partial charge in [-0.1, -0.05) is 0 Å². The van der Waals surface area contributed by atoms with Crippen LogP contribution in [0.1, 0.15) is 33.1 Å². The van der Waals surface area contributed by atoms with Crippen molar-refractivity contribution in [1.82, 2.24) is 25.1 Å². The number of nitrogens with one attached hydrogen (secondary N) is 1. The Kier molecular flexibility index (Phi) is 4.28. The van der Waals surface area contributed by atoms with Gasteiger partial charge in [0, 0.05) is 42.0 Å². The molecule has 2 saturated heterocycles. The molecule has 4 heterocycles. The van der Waals surface area contributed by atoms with Crippen molar-refractivity contribution in [2.45, 2.75) is 56.5 Å². The smallest absolute Gasteiger partial charge is 0.233 e. The Hall–Kier alpha value is -3.00. The van der Waals surface area contributed by atoms with E-state index in [9.17, 15) is 5.11 Å². The van der Waals surface area contributed by atoms with E-state index in [1.807, 2.05) is 13.0 Å². The molecule has 8 heteroatoms. The highest BCUT2D eigenvalue weighted by molar-refractivity contribution is 5.68. The first-order valence-corrected chi connectivity index (χ1v) is 10.1. The number of aromatic nitrogens is 4. The van der Waals surface area contributed by atoms with E-state index < -0.39 is 17.8 Å². The summed E-state index contributed by atoms with van der Waals surface area (Å²) in [4.78, 5) is 4.01. The van der Waals surface area contributed by atoms with E-state index in [1.54, 1.807) is 47.6 Å². The molecule has 2 aliphatic rings. The number of phenolic OH excluding ortho intramolecular Hbond substituents is 1. The fraction of sp³-hybridized carbons (Fsp3) is 0.409. The first-order chi connectivity index (χ1) is 14.4. The Morgan fingerprint density at radius 1 is 1.20 bits per heavy atom. The van der Waals surface area contributed by atoms with Crippen molar-refractivity contribution in [1.29, 1.82) is 0 Å². The van der Waals surface area contributed by atoms with Crippen molar-refractivity contribution in [3.05, 3.63) is 49.1 Å². The van der Waals surface area contributed by atoms with Crippen molar-refractivity contribution in [3.8, 4) is 28.6 Å². The number of phenols is 1. The lowest BCUT2D eigenvalue weighted by molar-refractivity contribution is -0.00951. The number of benzene rings is 1. The number of imidazole rings is 1. The molecule has 0 unspecified atom stereocenters. The summed E-state index contributed by atoms with van der Waals surface area (Å²) in [6.07, 6.45) is 5.77. The molecule has 7 nitrogen and oxygen atoms in total. The minimum atomic E-state index is -1.12. The van der Waals surface area contributed by atoms with Crippen LogP contribution in [0.2, 0.25) is 0 Å². The average Bonchev–Trinajstić information content (AvgIpc) is 3.34. The van der Waals surface area contributed by atoms with Gasteiger partial charge in [-0.25, -0.2) is 9.37 Å². The van der Waals surface area contributed by atoms with Gasteiger partial charge < -0.3 is 19.7 Å². The third-order valence-electron chi connectivity index (χ3n) is 6.34. The molecule has 0 amide bonds. The van der Waals surface area contributed by atoms with Gasteiger partial charge in [0.15, 0.2) is 6.17 Å². The van der Waals surface area contributed by atoms with Crippen molar-refractivity contribution >= 4 is 0 Å². The number of rotatable bonds is 4. The number of hydrogen-bond acceptors (Lipinski definition) is 6. The summed E-state index contributed by atoms with van der Waals surface area (Å²) in [6, 6.07) is 8.68. The van der Waals surface area contributed by atoms with E-state index in [0.29, 0.717) is 17.7 Å². The van der Waals surface area contributed by atoms with Crippen LogP contribution in [0.4, 0.5) is 4.39 Å².